The molecule has 1 N–H and O–H groups in total. The molecule has 112 valence electrons. The molecule has 0 bridgehead atoms. The predicted octanol–water partition coefficient (Wildman–Crippen LogP) is 1.91. The molecule has 0 saturated carbocycles. The molecule has 1 aliphatic rings. The molecule has 0 aliphatic carbocycles. The van der Waals surface area contributed by atoms with E-state index in [9.17, 15) is 8.42 Å². The summed E-state index contributed by atoms with van der Waals surface area (Å²) < 4.78 is 25.6. The summed E-state index contributed by atoms with van der Waals surface area (Å²) in [7, 11) is -3.21. The van der Waals surface area contributed by atoms with Gasteiger partial charge in [0.25, 0.3) is 0 Å². The van der Waals surface area contributed by atoms with Crippen LogP contribution in [-0.4, -0.2) is 50.8 Å². The second-order valence-electron chi connectivity index (χ2n) is 5.75. The number of halogens is 1. The summed E-state index contributed by atoms with van der Waals surface area (Å²) in [5.74, 6) is 0.165. The zero-order chi connectivity index (χ0) is 14.8. The van der Waals surface area contributed by atoms with Gasteiger partial charge in [-0.15, -0.1) is 0 Å². The van der Waals surface area contributed by atoms with Crippen LogP contribution in [0.5, 0.6) is 0 Å². The monoisotopic (exact) mass is 360 g/mol. The predicted molar refractivity (Wildman–Crippen MR) is 84.7 cm³/mol. The molecule has 1 aromatic rings. The summed E-state index contributed by atoms with van der Waals surface area (Å²) in [6.45, 7) is 7.57. The lowest BCUT2D eigenvalue weighted by Crippen LogP contribution is -2.58. The van der Waals surface area contributed by atoms with Crippen LogP contribution in [0.2, 0.25) is 0 Å². The number of sulfone groups is 1. The first kappa shape index (κ1) is 15.9. The van der Waals surface area contributed by atoms with Crippen molar-refractivity contribution in [1.29, 1.82) is 0 Å². The summed E-state index contributed by atoms with van der Waals surface area (Å²) in [5.41, 5.74) is 0.00743. The van der Waals surface area contributed by atoms with E-state index in [0.29, 0.717) is 11.4 Å². The third kappa shape index (κ3) is 3.81. The van der Waals surface area contributed by atoms with Gasteiger partial charge in [0.05, 0.1) is 10.6 Å². The van der Waals surface area contributed by atoms with Crippen LogP contribution in [-0.2, 0) is 9.84 Å². The third-order valence-corrected chi connectivity index (χ3v) is 6.01. The highest BCUT2D eigenvalue weighted by Gasteiger charge is 2.30. The zero-order valence-corrected chi connectivity index (χ0v) is 14.3. The number of rotatable bonds is 4. The molecule has 1 heterocycles. The van der Waals surface area contributed by atoms with Gasteiger partial charge in [0.15, 0.2) is 9.84 Å². The molecule has 1 aromatic carbocycles. The van der Waals surface area contributed by atoms with Gasteiger partial charge in [-0.3, -0.25) is 4.90 Å². The fourth-order valence-corrected chi connectivity index (χ4v) is 3.94. The van der Waals surface area contributed by atoms with Crippen molar-refractivity contribution in [2.75, 3.05) is 31.9 Å². The smallest absolute Gasteiger partial charge is 0.179 e. The molecule has 1 fully saturated rings. The van der Waals surface area contributed by atoms with E-state index in [1.165, 1.54) is 0 Å². The Kier molecular flexibility index (Phi) is 4.89. The lowest BCUT2D eigenvalue weighted by molar-refractivity contribution is 0.0981. The molecule has 0 radical (unpaired) electrons. The van der Waals surface area contributed by atoms with Gasteiger partial charge in [-0.1, -0.05) is 15.9 Å². The van der Waals surface area contributed by atoms with E-state index < -0.39 is 9.84 Å². The molecule has 0 atom stereocenters. The van der Waals surface area contributed by atoms with Crippen molar-refractivity contribution in [3.63, 3.8) is 0 Å². The number of hydrogen-bond acceptors (Lipinski definition) is 4. The lowest BCUT2D eigenvalue weighted by atomic mass is 10.0. The van der Waals surface area contributed by atoms with Crippen LogP contribution in [0.1, 0.15) is 13.8 Å². The fourth-order valence-electron chi connectivity index (χ4n) is 2.43. The maximum absolute atomic E-state index is 12.3. The van der Waals surface area contributed by atoms with Gasteiger partial charge in [0, 0.05) is 36.2 Å². The average molecular weight is 361 g/mol. The van der Waals surface area contributed by atoms with Crippen molar-refractivity contribution in [1.82, 2.24) is 10.2 Å². The maximum Gasteiger partial charge on any atom is 0.179 e. The third-order valence-electron chi connectivity index (χ3n) is 3.77. The molecule has 0 unspecified atom stereocenters. The Bertz CT molecular complexity index is 555. The van der Waals surface area contributed by atoms with E-state index in [4.69, 9.17) is 0 Å². The van der Waals surface area contributed by atoms with Crippen LogP contribution in [0.3, 0.4) is 0 Å². The van der Waals surface area contributed by atoms with Crippen LogP contribution >= 0.6 is 15.9 Å². The first-order valence-electron chi connectivity index (χ1n) is 6.75. The normalized spacial score (nSPS) is 19.9. The molecular formula is C14H21BrN2O2S. The highest BCUT2D eigenvalue weighted by atomic mass is 79.9. The van der Waals surface area contributed by atoms with E-state index in [1.54, 1.807) is 24.3 Å². The summed E-state index contributed by atoms with van der Waals surface area (Å²) >= 11 is 3.32. The summed E-state index contributed by atoms with van der Waals surface area (Å²) in [4.78, 5) is 2.65. The molecule has 1 saturated heterocycles. The first-order chi connectivity index (χ1) is 9.31. The Hall–Kier alpha value is -0.430. The minimum absolute atomic E-state index is 0.00743. The van der Waals surface area contributed by atoms with Crippen molar-refractivity contribution in [3.05, 3.63) is 28.7 Å². The zero-order valence-electron chi connectivity index (χ0n) is 11.9. The number of benzene rings is 1. The molecule has 20 heavy (non-hydrogen) atoms. The van der Waals surface area contributed by atoms with Crippen molar-refractivity contribution in [2.45, 2.75) is 24.3 Å². The molecule has 0 spiro atoms. The van der Waals surface area contributed by atoms with Crippen molar-refractivity contribution in [2.24, 2.45) is 0 Å². The molecule has 0 amide bonds. The van der Waals surface area contributed by atoms with E-state index in [0.717, 1.165) is 24.1 Å². The first-order valence-corrected chi connectivity index (χ1v) is 9.20. The minimum Gasteiger partial charge on any atom is -0.314 e. The number of nitrogens with one attached hydrogen (secondary N) is 1. The average Bonchev–Trinajstić information content (AvgIpc) is 2.37. The number of piperazine rings is 1. The second kappa shape index (κ2) is 6.13. The van der Waals surface area contributed by atoms with Crippen LogP contribution in [0.4, 0.5) is 0 Å². The molecule has 6 heteroatoms. The number of hydrogen-bond donors (Lipinski definition) is 1. The van der Waals surface area contributed by atoms with Crippen LogP contribution in [0.25, 0.3) is 0 Å². The van der Waals surface area contributed by atoms with Gasteiger partial charge in [-0.25, -0.2) is 8.42 Å². The molecule has 1 aliphatic heterocycles. The summed E-state index contributed by atoms with van der Waals surface area (Å²) in [6, 6.07) is 6.84. The van der Waals surface area contributed by atoms with Gasteiger partial charge in [0.2, 0.25) is 0 Å². The van der Waals surface area contributed by atoms with E-state index >= 15 is 0 Å². The van der Waals surface area contributed by atoms with Gasteiger partial charge >= 0.3 is 0 Å². The van der Waals surface area contributed by atoms with Crippen LogP contribution in [0, 0.1) is 0 Å². The molecule has 4 nitrogen and oxygen atoms in total. The van der Waals surface area contributed by atoms with E-state index in [2.05, 4.69) is 40.0 Å². The van der Waals surface area contributed by atoms with Gasteiger partial charge in [-0.05, 0) is 38.1 Å². The Morgan fingerprint density at radius 2 is 1.95 bits per heavy atom. The van der Waals surface area contributed by atoms with Crippen LogP contribution in [0.15, 0.2) is 33.6 Å². The van der Waals surface area contributed by atoms with Gasteiger partial charge < -0.3 is 5.32 Å². The molecular weight excluding hydrogens is 340 g/mol. The Balaban J connectivity index is 2.04. The topological polar surface area (TPSA) is 49.4 Å². The SMILES string of the molecule is CC1(C)CNCCN1CCS(=O)(=O)c1ccc(Br)cc1. The van der Waals surface area contributed by atoms with Crippen molar-refractivity contribution < 1.29 is 8.42 Å². The highest BCUT2D eigenvalue weighted by molar-refractivity contribution is 9.10. The quantitative estimate of drug-likeness (QED) is 0.890. The van der Waals surface area contributed by atoms with Gasteiger partial charge in [-0.2, -0.15) is 0 Å². The Morgan fingerprint density at radius 1 is 1.30 bits per heavy atom. The van der Waals surface area contributed by atoms with Crippen molar-refractivity contribution >= 4 is 25.8 Å². The second-order valence-corrected chi connectivity index (χ2v) is 8.77. The summed E-state index contributed by atoms with van der Waals surface area (Å²) in [6.07, 6.45) is 0. The van der Waals surface area contributed by atoms with E-state index in [1.807, 2.05) is 0 Å². The summed E-state index contributed by atoms with van der Waals surface area (Å²) in [5, 5.41) is 3.34. The Morgan fingerprint density at radius 3 is 2.55 bits per heavy atom. The molecule has 0 aromatic heterocycles. The van der Waals surface area contributed by atoms with Crippen molar-refractivity contribution in [3.8, 4) is 0 Å². The van der Waals surface area contributed by atoms with Crippen LogP contribution < -0.4 is 5.32 Å². The standard InChI is InChI=1S/C14H21BrN2O2S/c1-14(2)11-16-7-8-17(14)9-10-20(18,19)13-5-3-12(15)4-6-13/h3-6,16H,7-11H2,1-2H3. The fraction of sp³-hybridized carbons (Fsp3) is 0.571. The Labute approximate surface area is 129 Å². The van der Waals surface area contributed by atoms with Gasteiger partial charge in [0.1, 0.15) is 0 Å². The minimum atomic E-state index is -3.21. The van der Waals surface area contributed by atoms with E-state index in [-0.39, 0.29) is 11.3 Å². The lowest BCUT2D eigenvalue weighted by Gasteiger charge is -2.42. The highest BCUT2D eigenvalue weighted by Crippen LogP contribution is 2.19. The maximum atomic E-state index is 12.3. The largest absolute Gasteiger partial charge is 0.314 e. The molecule has 2 rings (SSSR count). The number of nitrogens with zero attached hydrogens (tertiary/aromatic N) is 1.